The first-order valence-electron chi connectivity index (χ1n) is 11.3. The summed E-state index contributed by atoms with van der Waals surface area (Å²) in [6, 6.07) is 20.4. The molecule has 0 unspecified atom stereocenters. The van der Waals surface area contributed by atoms with Gasteiger partial charge in [-0.25, -0.2) is 4.98 Å². The van der Waals surface area contributed by atoms with Crippen molar-refractivity contribution >= 4 is 32.1 Å². The van der Waals surface area contributed by atoms with E-state index in [1.54, 1.807) is 27.2 Å². The minimum absolute atomic E-state index is 0.0385. The number of fused-ring (bicyclic) bond motifs is 2. The fourth-order valence-corrected chi connectivity index (χ4v) is 7.15. The molecule has 2 aliphatic heterocycles. The Morgan fingerprint density at radius 2 is 1.71 bits per heavy atom. The van der Waals surface area contributed by atoms with E-state index >= 15 is 0 Å². The van der Waals surface area contributed by atoms with E-state index in [0.717, 1.165) is 17.0 Å². The summed E-state index contributed by atoms with van der Waals surface area (Å²) in [5, 5.41) is 3.55. The topological polar surface area (TPSA) is 50.7 Å². The maximum atomic E-state index is 13.5. The van der Waals surface area contributed by atoms with E-state index in [0.29, 0.717) is 24.4 Å². The highest BCUT2D eigenvalue weighted by Gasteiger charge is 2.22. The van der Waals surface area contributed by atoms with Crippen LogP contribution in [0.1, 0.15) is 33.0 Å². The predicted octanol–water partition coefficient (Wildman–Crippen LogP) is 6.74. The molecule has 0 bridgehead atoms. The van der Waals surface area contributed by atoms with E-state index in [1.165, 1.54) is 31.0 Å². The normalized spacial score (nSPS) is 11.6. The standard InChI is InChI=1S/C28H23N3OS2/c1-17-16-33-28-25(17)18(2)24(34-28)14-22-27(32)31-15-23(20-11-7-4-8-12-20)29-21(26(31)30-22)13-19-9-5-3-6-10-19/h3-12,15-16,29H,13-14H2,1-2H3. The molecule has 168 valence electrons. The van der Waals surface area contributed by atoms with Crippen LogP contribution in [0, 0.1) is 13.8 Å². The summed E-state index contributed by atoms with van der Waals surface area (Å²) in [5.74, 6) is 0.704. The van der Waals surface area contributed by atoms with Gasteiger partial charge in [0.2, 0.25) is 0 Å². The Morgan fingerprint density at radius 1 is 0.971 bits per heavy atom. The number of rotatable bonds is 5. The number of hydrogen-bond donors (Lipinski definition) is 1. The lowest BCUT2D eigenvalue weighted by Gasteiger charge is -2.13. The molecule has 6 heteroatoms. The van der Waals surface area contributed by atoms with E-state index in [4.69, 9.17) is 4.98 Å². The average Bonchev–Trinajstić information content (AvgIpc) is 3.49. The van der Waals surface area contributed by atoms with Gasteiger partial charge in [0.1, 0.15) is 5.69 Å². The molecule has 2 aromatic heterocycles. The van der Waals surface area contributed by atoms with Crippen molar-refractivity contribution in [3.63, 3.8) is 0 Å². The third-order valence-corrected chi connectivity index (χ3v) is 8.85. The van der Waals surface area contributed by atoms with Crippen LogP contribution in [0.2, 0.25) is 0 Å². The highest BCUT2D eigenvalue weighted by molar-refractivity contribution is 7.37. The number of aromatic nitrogens is 3. The van der Waals surface area contributed by atoms with Crippen molar-refractivity contribution < 1.29 is 0 Å². The number of benzene rings is 2. The Hall–Kier alpha value is -3.48. The van der Waals surface area contributed by atoms with Crippen LogP contribution in [0.3, 0.4) is 0 Å². The molecule has 0 fully saturated rings. The molecule has 4 aromatic rings. The van der Waals surface area contributed by atoms with Gasteiger partial charge >= 0.3 is 0 Å². The zero-order valence-electron chi connectivity index (χ0n) is 19.0. The second-order valence-electron chi connectivity index (χ2n) is 8.64. The third kappa shape index (κ3) is 3.59. The Morgan fingerprint density at radius 3 is 2.44 bits per heavy atom. The number of aromatic amines is 1. The second kappa shape index (κ2) is 8.38. The van der Waals surface area contributed by atoms with Gasteiger partial charge in [-0.1, -0.05) is 60.7 Å². The first kappa shape index (κ1) is 21.1. The van der Waals surface area contributed by atoms with Gasteiger partial charge in [0.15, 0.2) is 5.82 Å². The lowest BCUT2D eigenvalue weighted by Crippen LogP contribution is -2.17. The number of aryl methyl sites for hydroxylation is 2. The van der Waals surface area contributed by atoms with E-state index in [9.17, 15) is 4.79 Å². The number of H-pyrrole nitrogens is 1. The van der Waals surface area contributed by atoms with Crippen LogP contribution in [-0.2, 0) is 12.8 Å². The largest absolute Gasteiger partial charge is 0.354 e. The molecule has 0 spiro atoms. The predicted molar refractivity (Wildman–Crippen MR) is 142 cm³/mol. The molecule has 0 saturated heterocycles. The maximum Gasteiger partial charge on any atom is 0.278 e. The van der Waals surface area contributed by atoms with E-state index in [-0.39, 0.29) is 5.56 Å². The minimum atomic E-state index is -0.0385. The second-order valence-corrected chi connectivity index (χ2v) is 10.9. The van der Waals surface area contributed by atoms with Crippen molar-refractivity contribution in [1.82, 2.24) is 14.5 Å². The molecule has 1 N–H and O–H groups in total. The van der Waals surface area contributed by atoms with E-state index in [1.807, 2.05) is 42.6 Å². The molecule has 0 radical (unpaired) electrons. The molecule has 6 rings (SSSR count). The van der Waals surface area contributed by atoms with Crippen LogP contribution in [0.25, 0.3) is 26.5 Å². The van der Waals surface area contributed by atoms with Gasteiger partial charge in [-0.05, 0) is 41.5 Å². The van der Waals surface area contributed by atoms with Gasteiger partial charge in [0.25, 0.3) is 5.56 Å². The summed E-state index contributed by atoms with van der Waals surface area (Å²) in [6.45, 7) is 4.32. The summed E-state index contributed by atoms with van der Waals surface area (Å²) in [5.41, 5.74) is 7.21. The number of imidazole rings is 1. The van der Waals surface area contributed by atoms with Gasteiger partial charge in [-0.15, -0.1) is 22.7 Å². The summed E-state index contributed by atoms with van der Waals surface area (Å²) in [7, 11) is 0. The van der Waals surface area contributed by atoms with Crippen LogP contribution in [0.4, 0.5) is 0 Å². The third-order valence-electron chi connectivity index (χ3n) is 6.34. The molecule has 34 heavy (non-hydrogen) atoms. The molecule has 0 atom stereocenters. The summed E-state index contributed by atoms with van der Waals surface area (Å²) in [6.07, 6.45) is 3.12. The van der Waals surface area contributed by atoms with Crippen molar-refractivity contribution in [3.8, 4) is 17.1 Å². The lowest BCUT2D eigenvalue weighted by atomic mass is 10.1. The molecule has 4 nitrogen and oxygen atoms in total. The van der Waals surface area contributed by atoms with Gasteiger partial charge in [-0.2, -0.15) is 0 Å². The lowest BCUT2D eigenvalue weighted by molar-refractivity contribution is 0.914. The first-order chi connectivity index (χ1) is 16.6. The van der Waals surface area contributed by atoms with Crippen molar-refractivity contribution in [2.75, 3.05) is 0 Å². The molecule has 2 aliphatic rings. The minimum Gasteiger partial charge on any atom is -0.354 e. The summed E-state index contributed by atoms with van der Waals surface area (Å²) in [4.78, 5) is 23.2. The molecule has 4 heterocycles. The van der Waals surface area contributed by atoms with Crippen molar-refractivity contribution in [3.05, 3.63) is 116 Å². The van der Waals surface area contributed by atoms with Crippen molar-refractivity contribution in [2.24, 2.45) is 0 Å². The van der Waals surface area contributed by atoms with Gasteiger partial charge in [0.05, 0.1) is 15.4 Å². The highest BCUT2D eigenvalue weighted by atomic mass is 32.2. The maximum absolute atomic E-state index is 13.5. The molecular weight excluding hydrogens is 458 g/mol. The Kier molecular flexibility index (Phi) is 5.20. The van der Waals surface area contributed by atoms with Crippen LogP contribution >= 0.6 is 22.7 Å². The quantitative estimate of drug-likeness (QED) is 0.296. The zero-order valence-corrected chi connectivity index (χ0v) is 20.6. The van der Waals surface area contributed by atoms with Crippen LogP contribution in [0.5, 0.6) is 0 Å². The Balaban J connectivity index is 1.49. The van der Waals surface area contributed by atoms with E-state index in [2.05, 4.69) is 48.5 Å². The zero-order chi connectivity index (χ0) is 23.2. The van der Waals surface area contributed by atoms with Crippen molar-refractivity contribution in [2.45, 2.75) is 26.7 Å². The number of nitrogens with one attached hydrogen (secondary N) is 1. The first-order valence-corrected chi connectivity index (χ1v) is 13.0. The van der Waals surface area contributed by atoms with E-state index < -0.39 is 0 Å². The van der Waals surface area contributed by atoms with Crippen molar-refractivity contribution in [1.29, 1.82) is 0 Å². The molecule has 0 amide bonds. The van der Waals surface area contributed by atoms with Gasteiger partial charge in [0, 0.05) is 29.3 Å². The average molecular weight is 482 g/mol. The summed E-state index contributed by atoms with van der Waals surface area (Å²) >= 11 is 3.57. The molecular formula is C28H23N3OS2. The smallest absolute Gasteiger partial charge is 0.278 e. The molecule has 2 aromatic carbocycles. The van der Waals surface area contributed by atoms with Gasteiger partial charge in [-0.3, -0.25) is 9.36 Å². The number of hydrogen-bond acceptors (Lipinski definition) is 4. The Labute approximate surface area is 205 Å². The SMILES string of the molecule is Cc1csc2sc(Cc3nc4c(Cc5ccccc5)[nH]c(-c5ccccc5)cn-4c3=O)c(C)c12. The van der Waals surface area contributed by atoms with Crippen LogP contribution in [-0.4, -0.2) is 14.5 Å². The monoisotopic (exact) mass is 481 g/mol. The molecule has 0 saturated carbocycles. The summed E-state index contributed by atoms with van der Waals surface area (Å²) < 4.78 is 3.05. The Bertz CT molecular complexity index is 1640. The highest BCUT2D eigenvalue weighted by Crippen LogP contribution is 2.38. The number of nitrogens with zero attached hydrogens (tertiary/aromatic N) is 2. The van der Waals surface area contributed by atoms with Crippen LogP contribution in [0.15, 0.2) is 77.0 Å². The fraction of sp³-hybridized carbons (Fsp3) is 0.143. The van der Waals surface area contributed by atoms with Crippen LogP contribution < -0.4 is 5.56 Å². The molecule has 0 aliphatic carbocycles. The number of thiophene rings is 2. The fourth-order valence-electron chi connectivity index (χ4n) is 4.57. The van der Waals surface area contributed by atoms with Gasteiger partial charge < -0.3 is 4.98 Å².